The van der Waals surface area contributed by atoms with Crippen molar-refractivity contribution in [3.8, 4) is 11.5 Å². The number of phenols is 2. The highest BCUT2D eigenvalue weighted by atomic mass is 16.4. The largest absolute Gasteiger partial charge is 0.507 e. The number of rotatable bonds is 4. The third-order valence-corrected chi connectivity index (χ3v) is 4.65. The molecule has 0 bridgehead atoms. The first-order valence-electron chi connectivity index (χ1n) is 8.64. The van der Waals surface area contributed by atoms with Crippen LogP contribution in [0.1, 0.15) is 17.5 Å². The Morgan fingerprint density at radius 2 is 1.07 bits per heavy atom. The van der Waals surface area contributed by atoms with Crippen LogP contribution in [-0.4, -0.2) is 68.4 Å². The molecule has 1 aliphatic rings. The molecule has 7 heteroatoms. The van der Waals surface area contributed by atoms with E-state index >= 15 is 0 Å². The molecule has 5 atom stereocenters. The van der Waals surface area contributed by atoms with Gasteiger partial charge in [-0.1, -0.05) is 24.3 Å². The smallest absolute Gasteiger partial charge is 0.124 e. The van der Waals surface area contributed by atoms with E-state index in [-0.39, 0.29) is 17.9 Å². The molecule has 1 aliphatic carbocycles. The number of aliphatic hydroxyl groups excluding tert-OH is 3. The van der Waals surface area contributed by atoms with Gasteiger partial charge in [0, 0.05) is 23.6 Å². The topological polar surface area (TPSA) is 126 Å². The highest BCUT2D eigenvalue weighted by molar-refractivity contribution is 5.84. The number of benzene rings is 2. The average molecular weight is 370 g/mol. The van der Waals surface area contributed by atoms with Gasteiger partial charge in [-0.15, -0.1) is 0 Å². The van der Waals surface area contributed by atoms with Gasteiger partial charge in [-0.05, 0) is 30.7 Å². The number of phenolic OH excluding ortho intramolecular Hbond substituents is 2. The van der Waals surface area contributed by atoms with Gasteiger partial charge < -0.3 is 25.5 Å². The van der Waals surface area contributed by atoms with Gasteiger partial charge in [-0.2, -0.15) is 0 Å². The highest BCUT2D eigenvalue weighted by Gasteiger charge is 2.42. The van der Waals surface area contributed by atoms with Gasteiger partial charge in [-0.3, -0.25) is 9.98 Å². The van der Waals surface area contributed by atoms with Crippen LogP contribution in [0.25, 0.3) is 0 Å². The molecule has 0 aliphatic heterocycles. The number of hydrogen-bond donors (Lipinski definition) is 5. The van der Waals surface area contributed by atoms with Crippen LogP contribution in [-0.2, 0) is 0 Å². The molecule has 0 spiro atoms. The molecule has 0 amide bonds. The molecule has 1 unspecified atom stereocenters. The lowest BCUT2D eigenvalue weighted by Gasteiger charge is -2.37. The van der Waals surface area contributed by atoms with Gasteiger partial charge in [0.15, 0.2) is 0 Å². The van der Waals surface area contributed by atoms with Crippen molar-refractivity contribution in [2.24, 2.45) is 9.98 Å². The molecule has 5 N–H and O–H groups in total. The van der Waals surface area contributed by atoms with Crippen molar-refractivity contribution in [2.45, 2.75) is 36.8 Å². The maximum absolute atomic E-state index is 10.2. The third kappa shape index (κ3) is 4.33. The zero-order chi connectivity index (χ0) is 19.4. The van der Waals surface area contributed by atoms with Crippen LogP contribution in [0.15, 0.2) is 58.5 Å². The second-order valence-corrected chi connectivity index (χ2v) is 6.52. The lowest BCUT2D eigenvalue weighted by molar-refractivity contribution is -0.0994. The summed E-state index contributed by atoms with van der Waals surface area (Å²) >= 11 is 0. The molecule has 3 rings (SSSR count). The maximum atomic E-state index is 10.2. The summed E-state index contributed by atoms with van der Waals surface area (Å²) in [5.74, 6) is 0.113. The third-order valence-electron chi connectivity index (χ3n) is 4.65. The summed E-state index contributed by atoms with van der Waals surface area (Å²) in [6.07, 6.45) is -0.850. The molecule has 27 heavy (non-hydrogen) atoms. The quantitative estimate of drug-likeness (QED) is 0.510. The SMILES string of the molecule is Oc1ccccc1C=N[C@H]1C[C@@H](N=Cc2ccccc2O)[C@H](O)C(O)[C@@H]1O. The van der Waals surface area contributed by atoms with Gasteiger partial charge in [0.2, 0.25) is 0 Å². The summed E-state index contributed by atoms with van der Waals surface area (Å²) in [7, 11) is 0. The molecule has 142 valence electrons. The minimum Gasteiger partial charge on any atom is -0.507 e. The van der Waals surface area contributed by atoms with Crippen LogP contribution >= 0.6 is 0 Å². The van der Waals surface area contributed by atoms with Crippen molar-refractivity contribution in [1.29, 1.82) is 0 Å². The monoisotopic (exact) mass is 370 g/mol. The number of nitrogens with zero attached hydrogens (tertiary/aromatic N) is 2. The summed E-state index contributed by atoms with van der Waals surface area (Å²) in [5, 5.41) is 50.2. The highest BCUT2D eigenvalue weighted by Crippen LogP contribution is 2.26. The molecule has 0 aromatic heterocycles. The Bertz CT molecular complexity index is 771. The lowest BCUT2D eigenvalue weighted by Crippen LogP contribution is -2.54. The maximum Gasteiger partial charge on any atom is 0.124 e. The summed E-state index contributed by atoms with van der Waals surface area (Å²) in [6, 6.07) is 11.9. The first-order chi connectivity index (χ1) is 13.0. The fraction of sp³-hybridized carbons (Fsp3) is 0.300. The van der Waals surface area contributed by atoms with Crippen molar-refractivity contribution < 1.29 is 25.5 Å². The molecular formula is C20H22N2O5. The van der Waals surface area contributed by atoms with E-state index in [1.807, 2.05) is 0 Å². The van der Waals surface area contributed by atoms with Gasteiger partial charge in [0.05, 0.1) is 12.1 Å². The average Bonchev–Trinajstić information content (AvgIpc) is 2.67. The van der Waals surface area contributed by atoms with Crippen molar-refractivity contribution in [3.63, 3.8) is 0 Å². The first kappa shape index (κ1) is 19.0. The van der Waals surface area contributed by atoms with Gasteiger partial charge in [-0.25, -0.2) is 0 Å². The Morgan fingerprint density at radius 1 is 0.667 bits per heavy atom. The van der Waals surface area contributed by atoms with Crippen LogP contribution in [0.4, 0.5) is 0 Å². The summed E-state index contributed by atoms with van der Waals surface area (Å²) < 4.78 is 0. The van der Waals surface area contributed by atoms with Crippen LogP contribution in [0.2, 0.25) is 0 Å². The van der Waals surface area contributed by atoms with Gasteiger partial charge in [0.1, 0.15) is 29.8 Å². The Labute approximate surface area is 156 Å². The van der Waals surface area contributed by atoms with E-state index in [0.717, 1.165) is 0 Å². The number of hydrogen-bond acceptors (Lipinski definition) is 7. The summed E-state index contributed by atoms with van der Waals surface area (Å²) in [4.78, 5) is 8.55. The number of aliphatic imine (C=N–C) groups is 2. The predicted molar refractivity (Wildman–Crippen MR) is 102 cm³/mol. The van der Waals surface area contributed by atoms with Crippen LogP contribution < -0.4 is 0 Å². The van der Waals surface area contributed by atoms with E-state index in [0.29, 0.717) is 11.1 Å². The molecule has 1 fully saturated rings. The van der Waals surface area contributed by atoms with Crippen molar-refractivity contribution >= 4 is 12.4 Å². The second-order valence-electron chi connectivity index (χ2n) is 6.52. The zero-order valence-electron chi connectivity index (χ0n) is 14.5. The molecular weight excluding hydrogens is 348 g/mol. The van der Waals surface area contributed by atoms with Gasteiger partial charge >= 0.3 is 0 Å². The fourth-order valence-electron chi connectivity index (χ4n) is 3.03. The summed E-state index contributed by atoms with van der Waals surface area (Å²) in [5.41, 5.74) is 0.971. The Balaban J connectivity index is 1.78. The van der Waals surface area contributed by atoms with Crippen LogP contribution in [0.3, 0.4) is 0 Å². The van der Waals surface area contributed by atoms with Crippen LogP contribution in [0, 0.1) is 0 Å². The van der Waals surface area contributed by atoms with E-state index in [1.54, 1.807) is 36.4 Å². The number of aromatic hydroxyl groups is 2. The van der Waals surface area contributed by atoms with E-state index < -0.39 is 30.4 Å². The lowest BCUT2D eigenvalue weighted by atomic mass is 9.84. The van der Waals surface area contributed by atoms with Crippen molar-refractivity contribution in [3.05, 3.63) is 59.7 Å². The fourth-order valence-corrected chi connectivity index (χ4v) is 3.03. The Hall–Kier alpha value is -2.74. The van der Waals surface area contributed by atoms with Crippen molar-refractivity contribution in [2.75, 3.05) is 0 Å². The van der Waals surface area contributed by atoms with E-state index in [2.05, 4.69) is 9.98 Å². The van der Waals surface area contributed by atoms with Gasteiger partial charge in [0.25, 0.3) is 0 Å². The number of para-hydroxylation sites is 2. The van der Waals surface area contributed by atoms with Crippen LogP contribution in [0.5, 0.6) is 11.5 Å². The Morgan fingerprint density at radius 3 is 1.48 bits per heavy atom. The number of aliphatic hydroxyl groups is 3. The standard InChI is InChI=1S/C20H22N2O5/c23-16-7-3-1-5-12(16)10-21-14-9-15(19(26)20(27)18(14)25)22-11-13-6-2-4-8-17(13)24/h1-8,10-11,14-15,18-20,23-27H,9H2/t14-,15+,18+,19-,20?. The first-order valence-corrected chi connectivity index (χ1v) is 8.64. The van der Waals surface area contributed by atoms with E-state index in [1.165, 1.54) is 24.6 Å². The second kappa shape index (κ2) is 8.30. The molecule has 0 radical (unpaired) electrons. The molecule has 7 nitrogen and oxygen atoms in total. The molecule has 0 heterocycles. The minimum absolute atomic E-state index is 0.0567. The normalized spacial score (nSPS) is 28.8. The van der Waals surface area contributed by atoms with Crippen molar-refractivity contribution in [1.82, 2.24) is 0 Å². The molecule has 1 saturated carbocycles. The summed E-state index contributed by atoms with van der Waals surface area (Å²) in [6.45, 7) is 0. The predicted octanol–water partition coefficient (Wildman–Crippen LogP) is 0.859. The Kier molecular flexibility index (Phi) is 5.85. The molecule has 2 aromatic rings. The molecule has 2 aromatic carbocycles. The zero-order valence-corrected chi connectivity index (χ0v) is 14.5. The molecule has 0 saturated heterocycles. The minimum atomic E-state index is -1.41. The van der Waals surface area contributed by atoms with E-state index in [9.17, 15) is 25.5 Å². The van der Waals surface area contributed by atoms with E-state index in [4.69, 9.17) is 0 Å².